The number of nitrogens with one attached hydrogen (secondary N) is 1. The molecule has 0 amide bonds. The first-order chi connectivity index (χ1) is 9.79. The van der Waals surface area contributed by atoms with Crippen molar-refractivity contribution >= 4 is 16.9 Å². The molecule has 0 aliphatic rings. The van der Waals surface area contributed by atoms with E-state index >= 15 is 0 Å². The summed E-state index contributed by atoms with van der Waals surface area (Å²) in [5.74, 6) is 0.679. The molecule has 0 fully saturated rings. The van der Waals surface area contributed by atoms with Gasteiger partial charge < -0.3 is 10.4 Å². The molecular formula is C14H15N5O. The van der Waals surface area contributed by atoms with Crippen molar-refractivity contribution in [3.05, 3.63) is 42.9 Å². The Labute approximate surface area is 116 Å². The van der Waals surface area contributed by atoms with Gasteiger partial charge in [-0.15, -0.1) is 0 Å². The number of hydrogen-bond acceptors (Lipinski definition) is 5. The number of hydrogen-bond donors (Lipinski definition) is 2. The van der Waals surface area contributed by atoms with Gasteiger partial charge in [-0.05, 0) is 19.1 Å². The maximum atomic E-state index is 9.12. The van der Waals surface area contributed by atoms with Crippen LogP contribution in [-0.4, -0.2) is 37.5 Å². The first-order valence-corrected chi connectivity index (χ1v) is 6.41. The summed E-state index contributed by atoms with van der Waals surface area (Å²) in [6.07, 6.45) is 3.23. The number of aromatic nitrogens is 4. The average Bonchev–Trinajstić information content (AvgIpc) is 2.93. The van der Waals surface area contributed by atoms with Crippen molar-refractivity contribution in [1.82, 2.24) is 19.7 Å². The van der Waals surface area contributed by atoms with E-state index in [1.54, 1.807) is 10.9 Å². The second-order valence-electron chi connectivity index (χ2n) is 4.58. The second kappa shape index (κ2) is 5.26. The van der Waals surface area contributed by atoms with Gasteiger partial charge in [-0.3, -0.25) is 0 Å². The predicted molar refractivity (Wildman–Crippen MR) is 76.8 cm³/mol. The lowest BCUT2D eigenvalue weighted by Crippen LogP contribution is -2.20. The molecule has 0 saturated carbocycles. The fraction of sp³-hybridized carbons (Fsp3) is 0.214. The molecule has 0 bridgehead atoms. The van der Waals surface area contributed by atoms with Crippen molar-refractivity contribution in [3.63, 3.8) is 0 Å². The van der Waals surface area contributed by atoms with Crippen LogP contribution in [0, 0.1) is 0 Å². The SMILES string of the molecule is CC(CO)Nc1ncnc2c1cnn2-c1ccccc1. The third-order valence-corrected chi connectivity index (χ3v) is 3.02. The Hall–Kier alpha value is -2.47. The Kier molecular flexibility index (Phi) is 3.30. The summed E-state index contributed by atoms with van der Waals surface area (Å²) in [6.45, 7) is 1.92. The van der Waals surface area contributed by atoms with Crippen molar-refractivity contribution in [2.24, 2.45) is 0 Å². The van der Waals surface area contributed by atoms with E-state index < -0.39 is 0 Å². The smallest absolute Gasteiger partial charge is 0.168 e. The van der Waals surface area contributed by atoms with Crippen molar-refractivity contribution in [3.8, 4) is 5.69 Å². The van der Waals surface area contributed by atoms with Gasteiger partial charge in [0.05, 0.1) is 23.9 Å². The highest BCUT2D eigenvalue weighted by Crippen LogP contribution is 2.21. The van der Waals surface area contributed by atoms with Gasteiger partial charge in [0.25, 0.3) is 0 Å². The minimum Gasteiger partial charge on any atom is -0.394 e. The molecule has 2 heterocycles. The van der Waals surface area contributed by atoms with Gasteiger partial charge >= 0.3 is 0 Å². The molecule has 6 heteroatoms. The normalized spacial score (nSPS) is 12.5. The fourth-order valence-electron chi connectivity index (χ4n) is 2.00. The Morgan fingerprint density at radius 3 is 2.80 bits per heavy atom. The maximum Gasteiger partial charge on any atom is 0.168 e. The number of nitrogens with zero attached hydrogens (tertiary/aromatic N) is 4. The molecule has 3 rings (SSSR count). The molecule has 0 spiro atoms. The number of aliphatic hydroxyl groups is 1. The molecule has 0 radical (unpaired) electrons. The predicted octanol–water partition coefficient (Wildman–Crippen LogP) is 1.61. The Balaban J connectivity index is 2.08. The van der Waals surface area contributed by atoms with Gasteiger partial charge in [-0.2, -0.15) is 5.10 Å². The van der Waals surface area contributed by atoms with E-state index in [9.17, 15) is 0 Å². The van der Waals surface area contributed by atoms with Crippen LogP contribution in [0.2, 0.25) is 0 Å². The molecule has 0 aliphatic carbocycles. The lowest BCUT2D eigenvalue weighted by molar-refractivity contribution is 0.281. The van der Waals surface area contributed by atoms with Crippen molar-refractivity contribution in [1.29, 1.82) is 0 Å². The van der Waals surface area contributed by atoms with E-state index in [2.05, 4.69) is 20.4 Å². The summed E-state index contributed by atoms with van der Waals surface area (Å²) in [5.41, 5.74) is 1.68. The van der Waals surface area contributed by atoms with Gasteiger partial charge in [-0.1, -0.05) is 18.2 Å². The minimum absolute atomic E-state index is 0.0400. The fourth-order valence-corrected chi connectivity index (χ4v) is 2.00. The molecule has 20 heavy (non-hydrogen) atoms. The third kappa shape index (κ3) is 2.21. The van der Waals surface area contributed by atoms with Gasteiger partial charge in [0, 0.05) is 6.04 Å². The standard InChI is InChI=1S/C14H15N5O/c1-10(8-20)18-13-12-7-17-19(14(12)16-9-15-13)11-5-3-2-4-6-11/h2-7,9-10,20H,8H2,1H3,(H,15,16,18). The topological polar surface area (TPSA) is 75.9 Å². The summed E-state index contributed by atoms with van der Waals surface area (Å²) in [7, 11) is 0. The maximum absolute atomic E-state index is 9.12. The number of aliphatic hydroxyl groups excluding tert-OH is 1. The number of fused-ring (bicyclic) bond motifs is 1. The lowest BCUT2D eigenvalue weighted by Gasteiger charge is -2.11. The largest absolute Gasteiger partial charge is 0.394 e. The van der Waals surface area contributed by atoms with Crippen molar-refractivity contribution in [2.45, 2.75) is 13.0 Å². The lowest BCUT2D eigenvalue weighted by atomic mass is 10.3. The van der Waals surface area contributed by atoms with E-state index in [1.807, 2.05) is 37.3 Å². The molecule has 2 N–H and O–H groups in total. The highest BCUT2D eigenvalue weighted by Gasteiger charge is 2.12. The first-order valence-electron chi connectivity index (χ1n) is 6.41. The third-order valence-electron chi connectivity index (χ3n) is 3.02. The molecule has 2 aromatic heterocycles. The van der Waals surface area contributed by atoms with E-state index in [1.165, 1.54) is 6.33 Å². The molecule has 1 aromatic carbocycles. The second-order valence-corrected chi connectivity index (χ2v) is 4.58. The van der Waals surface area contributed by atoms with Crippen LogP contribution < -0.4 is 5.32 Å². The van der Waals surface area contributed by atoms with E-state index in [4.69, 9.17) is 5.11 Å². The Bertz CT molecular complexity index is 710. The molecule has 0 saturated heterocycles. The molecule has 3 aromatic rings. The molecule has 6 nitrogen and oxygen atoms in total. The van der Waals surface area contributed by atoms with Crippen LogP contribution in [0.25, 0.3) is 16.7 Å². The van der Waals surface area contributed by atoms with Crippen LogP contribution in [0.3, 0.4) is 0 Å². The van der Waals surface area contributed by atoms with Crippen molar-refractivity contribution < 1.29 is 5.11 Å². The number of para-hydroxylation sites is 1. The molecule has 1 atom stereocenters. The zero-order valence-electron chi connectivity index (χ0n) is 11.1. The van der Waals surface area contributed by atoms with Gasteiger partial charge in [0.2, 0.25) is 0 Å². The highest BCUT2D eigenvalue weighted by molar-refractivity contribution is 5.87. The Morgan fingerprint density at radius 1 is 1.25 bits per heavy atom. The number of anilines is 1. The monoisotopic (exact) mass is 269 g/mol. The zero-order valence-corrected chi connectivity index (χ0v) is 11.1. The van der Waals surface area contributed by atoms with Crippen molar-refractivity contribution in [2.75, 3.05) is 11.9 Å². The molecule has 0 aliphatic heterocycles. The van der Waals surface area contributed by atoms with E-state index in [0.29, 0.717) is 5.82 Å². The molecule has 102 valence electrons. The first kappa shape index (κ1) is 12.6. The van der Waals surface area contributed by atoms with Gasteiger partial charge in [-0.25, -0.2) is 14.6 Å². The summed E-state index contributed by atoms with van der Waals surface area (Å²) in [6, 6.07) is 9.73. The van der Waals surface area contributed by atoms with E-state index in [-0.39, 0.29) is 12.6 Å². The average molecular weight is 269 g/mol. The van der Waals surface area contributed by atoms with Crippen LogP contribution >= 0.6 is 0 Å². The summed E-state index contributed by atoms with van der Waals surface area (Å²) < 4.78 is 1.77. The van der Waals surface area contributed by atoms with Crippen LogP contribution in [0.5, 0.6) is 0 Å². The Morgan fingerprint density at radius 2 is 2.05 bits per heavy atom. The number of benzene rings is 1. The zero-order chi connectivity index (χ0) is 13.9. The molecule has 1 unspecified atom stereocenters. The number of rotatable bonds is 4. The molecular weight excluding hydrogens is 254 g/mol. The minimum atomic E-state index is -0.0758. The highest BCUT2D eigenvalue weighted by atomic mass is 16.3. The van der Waals surface area contributed by atoms with Gasteiger partial charge in [0.15, 0.2) is 5.65 Å². The van der Waals surface area contributed by atoms with Crippen LogP contribution in [-0.2, 0) is 0 Å². The van der Waals surface area contributed by atoms with Crippen LogP contribution in [0.4, 0.5) is 5.82 Å². The summed E-state index contributed by atoms with van der Waals surface area (Å²) in [5, 5.41) is 17.5. The quantitative estimate of drug-likeness (QED) is 0.752. The van der Waals surface area contributed by atoms with Crippen LogP contribution in [0.15, 0.2) is 42.9 Å². The van der Waals surface area contributed by atoms with E-state index in [0.717, 1.165) is 16.7 Å². The van der Waals surface area contributed by atoms with Crippen LogP contribution in [0.1, 0.15) is 6.92 Å². The summed E-state index contributed by atoms with van der Waals surface area (Å²) >= 11 is 0. The van der Waals surface area contributed by atoms with Gasteiger partial charge in [0.1, 0.15) is 12.1 Å². The summed E-state index contributed by atoms with van der Waals surface area (Å²) in [4.78, 5) is 8.51.